The van der Waals surface area contributed by atoms with Crippen LogP contribution in [-0.2, 0) is 4.79 Å². The molecule has 0 aromatic rings. The Morgan fingerprint density at radius 3 is 2.53 bits per heavy atom. The van der Waals surface area contributed by atoms with E-state index >= 15 is 0 Å². The fraction of sp³-hybridized carbons (Fsp3) is 0.846. The Morgan fingerprint density at radius 1 is 1.32 bits per heavy atom. The van der Waals surface area contributed by atoms with E-state index in [9.17, 15) is 9.59 Å². The van der Waals surface area contributed by atoms with E-state index in [0.717, 1.165) is 19.4 Å². The summed E-state index contributed by atoms with van der Waals surface area (Å²) in [5.74, 6) is -1.22. The maximum absolute atomic E-state index is 11.9. The number of hydrogen-bond donors (Lipinski definition) is 2. The van der Waals surface area contributed by atoms with Crippen LogP contribution in [-0.4, -0.2) is 67.2 Å². The summed E-state index contributed by atoms with van der Waals surface area (Å²) in [6.45, 7) is 4.39. The summed E-state index contributed by atoms with van der Waals surface area (Å²) in [4.78, 5) is 26.6. The maximum Gasteiger partial charge on any atom is 0.317 e. The maximum atomic E-state index is 11.9. The predicted octanol–water partition coefficient (Wildman–Crippen LogP) is 0.690. The van der Waals surface area contributed by atoms with Gasteiger partial charge in [0.15, 0.2) is 0 Å². The van der Waals surface area contributed by atoms with Crippen LogP contribution in [0.5, 0.6) is 0 Å². The van der Waals surface area contributed by atoms with Crippen molar-refractivity contribution >= 4 is 12.0 Å². The molecule has 6 heteroatoms. The molecular weight excluding hydrogens is 246 g/mol. The largest absolute Gasteiger partial charge is 0.481 e. The topological polar surface area (TPSA) is 72.9 Å². The van der Waals surface area contributed by atoms with E-state index in [4.69, 9.17) is 5.11 Å². The van der Waals surface area contributed by atoms with E-state index in [-0.39, 0.29) is 11.9 Å². The van der Waals surface area contributed by atoms with Crippen molar-refractivity contribution in [2.24, 2.45) is 11.8 Å². The molecule has 2 atom stereocenters. The van der Waals surface area contributed by atoms with Crippen molar-refractivity contribution in [3.05, 3.63) is 0 Å². The molecule has 0 aromatic heterocycles. The monoisotopic (exact) mass is 271 g/mol. The first-order valence-electron chi connectivity index (χ1n) is 6.82. The van der Waals surface area contributed by atoms with E-state index < -0.39 is 11.9 Å². The Labute approximate surface area is 114 Å². The number of carboxylic acids is 1. The average molecular weight is 271 g/mol. The van der Waals surface area contributed by atoms with Gasteiger partial charge in [-0.1, -0.05) is 6.92 Å². The van der Waals surface area contributed by atoms with Crippen molar-refractivity contribution in [2.45, 2.75) is 19.8 Å². The molecule has 1 aliphatic heterocycles. The van der Waals surface area contributed by atoms with E-state index in [1.807, 2.05) is 21.0 Å². The lowest BCUT2D eigenvalue weighted by Crippen LogP contribution is -2.39. The second kappa shape index (κ2) is 7.33. The van der Waals surface area contributed by atoms with E-state index in [2.05, 4.69) is 10.2 Å². The summed E-state index contributed by atoms with van der Waals surface area (Å²) in [7, 11) is 4.05. The summed E-state index contributed by atoms with van der Waals surface area (Å²) in [5.41, 5.74) is 0. The average Bonchev–Trinajstić information content (AvgIpc) is 2.70. The van der Waals surface area contributed by atoms with Gasteiger partial charge in [0.2, 0.25) is 0 Å². The van der Waals surface area contributed by atoms with E-state index in [1.54, 1.807) is 4.90 Å². The smallest absolute Gasteiger partial charge is 0.317 e. The molecule has 1 rings (SSSR count). The summed E-state index contributed by atoms with van der Waals surface area (Å²) in [6, 6.07) is -0.138. The van der Waals surface area contributed by atoms with Gasteiger partial charge in [0.05, 0.1) is 5.92 Å². The summed E-state index contributed by atoms with van der Waals surface area (Å²) < 4.78 is 0. The highest BCUT2D eigenvalue weighted by molar-refractivity contribution is 5.77. The van der Waals surface area contributed by atoms with Crippen LogP contribution in [0.3, 0.4) is 0 Å². The minimum absolute atomic E-state index is 0.0250. The zero-order chi connectivity index (χ0) is 14.4. The summed E-state index contributed by atoms with van der Waals surface area (Å²) in [6.07, 6.45) is 1.98. The number of unbranched alkanes of at least 4 members (excludes halogenated alkanes) is 1. The third-order valence-electron chi connectivity index (χ3n) is 3.53. The number of carbonyl (C=O) groups is 2. The molecule has 1 saturated heterocycles. The molecule has 1 heterocycles. The Morgan fingerprint density at radius 2 is 2.00 bits per heavy atom. The standard InChI is InChI=1S/C13H25N3O3/c1-10-8-16(9-11(10)12(17)18)13(19)14-6-4-5-7-15(2)3/h10-11H,4-9H2,1-3H3,(H,14,19)(H,17,18)/t10-,11-/m1/s1. The summed E-state index contributed by atoms with van der Waals surface area (Å²) >= 11 is 0. The molecule has 0 spiro atoms. The van der Waals surface area contributed by atoms with Crippen LogP contribution in [0.4, 0.5) is 4.79 Å². The number of likely N-dealkylation sites (tertiary alicyclic amines) is 1. The van der Waals surface area contributed by atoms with Crippen LogP contribution in [0.2, 0.25) is 0 Å². The number of aliphatic carboxylic acids is 1. The van der Waals surface area contributed by atoms with Gasteiger partial charge in [-0.15, -0.1) is 0 Å². The second-order valence-corrected chi connectivity index (χ2v) is 5.57. The van der Waals surface area contributed by atoms with Crippen LogP contribution < -0.4 is 5.32 Å². The molecule has 0 bridgehead atoms. The number of rotatable bonds is 6. The van der Waals surface area contributed by atoms with Crippen molar-refractivity contribution in [1.29, 1.82) is 0 Å². The molecule has 110 valence electrons. The molecule has 1 fully saturated rings. The highest BCUT2D eigenvalue weighted by Crippen LogP contribution is 2.22. The molecule has 2 N–H and O–H groups in total. The molecule has 1 aliphatic rings. The lowest BCUT2D eigenvalue weighted by molar-refractivity contribution is -0.142. The molecule has 19 heavy (non-hydrogen) atoms. The van der Waals surface area contributed by atoms with Gasteiger partial charge in [-0.25, -0.2) is 4.79 Å². The van der Waals surface area contributed by atoms with Crippen LogP contribution in [0, 0.1) is 11.8 Å². The molecule has 2 amide bonds. The van der Waals surface area contributed by atoms with Crippen molar-refractivity contribution in [2.75, 3.05) is 40.3 Å². The number of hydrogen-bond acceptors (Lipinski definition) is 3. The third-order valence-corrected chi connectivity index (χ3v) is 3.53. The Hall–Kier alpha value is -1.30. The lowest BCUT2D eigenvalue weighted by Gasteiger charge is -2.17. The Bertz CT molecular complexity index is 320. The number of nitrogens with one attached hydrogen (secondary N) is 1. The number of nitrogens with zero attached hydrogens (tertiary/aromatic N) is 2. The van der Waals surface area contributed by atoms with Gasteiger partial charge < -0.3 is 20.2 Å². The third kappa shape index (κ3) is 5.06. The van der Waals surface area contributed by atoms with Crippen LogP contribution in [0.1, 0.15) is 19.8 Å². The minimum Gasteiger partial charge on any atom is -0.481 e. The van der Waals surface area contributed by atoms with Crippen molar-refractivity contribution in [1.82, 2.24) is 15.1 Å². The molecule has 6 nitrogen and oxygen atoms in total. The predicted molar refractivity (Wildman–Crippen MR) is 73.0 cm³/mol. The number of carbonyl (C=O) groups excluding carboxylic acids is 1. The van der Waals surface area contributed by atoms with Gasteiger partial charge in [-0.05, 0) is 39.4 Å². The van der Waals surface area contributed by atoms with Crippen molar-refractivity contribution < 1.29 is 14.7 Å². The normalized spacial score (nSPS) is 22.8. The Balaban J connectivity index is 2.22. The lowest BCUT2D eigenvalue weighted by atomic mass is 9.99. The zero-order valence-corrected chi connectivity index (χ0v) is 12.1. The molecule has 0 aliphatic carbocycles. The van der Waals surface area contributed by atoms with Gasteiger partial charge in [0, 0.05) is 19.6 Å². The molecule has 0 saturated carbocycles. The molecular formula is C13H25N3O3. The SMILES string of the molecule is C[C@@H]1CN(C(=O)NCCCCN(C)C)C[C@H]1C(=O)O. The van der Waals surface area contributed by atoms with Gasteiger partial charge in [-0.3, -0.25) is 4.79 Å². The first-order chi connectivity index (χ1) is 8.91. The van der Waals surface area contributed by atoms with Gasteiger partial charge >= 0.3 is 12.0 Å². The van der Waals surface area contributed by atoms with Crippen molar-refractivity contribution in [3.8, 4) is 0 Å². The minimum atomic E-state index is -0.811. The fourth-order valence-electron chi connectivity index (χ4n) is 2.31. The Kier molecular flexibility index (Phi) is 6.08. The van der Waals surface area contributed by atoms with Crippen molar-refractivity contribution in [3.63, 3.8) is 0 Å². The zero-order valence-electron chi connectivity index (χ0n) is 12.1. The van der Waals surface area contributed by atoms with Crippen LogP contribution in [0.15, 0.2) is 0 Å². The first kappa shape index (κ1) is 15.8. The van der Waals surface area contributed by atoms with Gasteiger partial charge in [-0.2, -0.15) is 0 Å². The quantitative estimate of drug-likeness (QED) is 0.697. The van der Waals surface area contributed by atoms with Gasteiger partial charge in [0.1, 0.15) is 0 Å². The second-order valence-electron chi connectivity index (χ2n) is 5.57. The molecule has 0 aromatic carbocycles. The number of urea groups is 1. The van der Waals surface area contributed by atoms with E-state index in [1.165, 1.54) is 0 Å². The van der Waals surface area contributed by atoms with E-state index in [0.29, 0.717) is 19.6 Å². The number of amides is 2. The highest BCUT2D eigenvalue weighted by Gasteiger charge is 2.36. The van der Waals surface area contributed by atoms with Gasteiger partial charge in [0.25, 0.3) is 0 Å². The first-order valence-corrected chi connectivity index (χ1v) is 6.82. The molecule has 0 radical (unpaired) electrons. The fourth-order valence-corrected chi connectivity index (χ4v) is 2.31. The van der Waals surface area contributed by atoms with Crippen LogP contribution in [0.25, 0.3) is 0 Å². The highest BCUT2D eigenvalue weighted by atomic mass is 16.4. The number of carboxylic acid groups (broad SMARTS) is 1. The summed E-state index contributed by atoms with van der Waals surface area (Å²) in [5, 5.41) is 11.9. The van der Waals surface area contributed by atoms with Crippen LogP contribution >= 0.6 is 0 Å². The molecule has 0 unspecified atom stereocenters.